The van der Waals surface area contributed by atoms with E-state index in [1.54, 1.807) is 12.1 Å². The van der Waals surface area contributed by atoms with Crippen LogP contribution in [0.2, 0.25) is 5.02 Å². The number of ether oxygens (including phenoxy) is 1. The van der Waals surface area contributed by atoms with Crippen LogP contribution in [0.15, 0.2) is 85.5 Å². The van der Waals surface area contributed by atoms with Gasteiger partial charge in [0, 0.05) is 17.7 Å². The maximum Gasteiger partial charge on any atom is 0.431 e. The number of benzene rings is 5. The molecule has 0 aliphatic carbocycles. The molecule has 0 saturated heterocycles. The highest BCUT2D eigenvalue weighted by molar-refractivity contribution is 6.31. The maximum atomic E-state index is 15.2. The Morgan fingerprint density at radius 1 is 0.596 bits per heavy atom. The number of alkyl halides is 2. The smallest absolute Gasteiger partial charge is 0.429 e. The van der Waals surface area contributed by atoms with E-state index in [0.717, 1.165) is 18.2 Å². The number of rotatable bonds is 9. The van der Waals surface area contributed by atoms with Crippen LogP contribution in [0.25, 0.3) is 33.4 Å². The minimum absolute atomic E-state index is 0.126. The fourth-order valence-corrected chi connectivity index (χ4v) is 5.27. The van der Waals surface area contributed by atoms with E-state index in [4.69, 9.17) is 11.6 Å². The predicted octanol–water partition coefficient (Wildman–Crippen LogP) is 11.7. The summed E-state index contributed by atoms with van der Waals surface area (Å²) in [5.41, 5.74) is -4.09. The molecule has 1 nitrogen and oxygen atoms in total. The van der Waals surface area contributed by atoms with Crippen LogP contribution >= 0.6 is 11.6 Å². The first-order valence-corrected chi connectivity index (χ1v) is 14.0. The molecule has 0 amide bonds. The Morgan fingerprint density at radius 3 is 1.74 bits per heavy atom. The van der Waals surface area contributed by atoms with E-state index >= 15 is 22.0 Å². The quantitative estimate of drug-likeness (QED) is 0.111. The van der Waals surface area contributed by atoms with Gasteiger partial charge in [-0.1, -0.05) is 35.9 Å². The monoisotopic (exact) mass is 680 g/mol. The van der Waals surface area contributed by atoms with Crippen LogP contribution in [0.4, 0.5) is 43.9 Å². The SMILES string of the molecule is C=CCCc1ccc(-c2cc(F)c(-c3cc(F)c(C(F)(F)Oc4cc(F)c(-c5ccc(F)c(F)c5)c(F)c4)c(Cl)c3)c(F)c2)c(F)c1. The van der Waals surface area contributed by atoms with E-state index in [1.165, 1.54) is 12.1 Å². The van der Waals surface area contributed by atoms with Crippen LogP contribution in [0.1, 0.15) is 17.5 Å². The molecule has 0 saturated carbocycles. The Bertz CT molecular complexity index is 1960. The molecule has 5 aromatic carbocycles. The van der Waals surface area contributed by atoms with E-state index in [2.05, 4.69) is 11.3 Å². The van der Waals surface area contributed by atoms with Gasteiger partial charge < -0.3 is 4.74 Å². The van der Waals surface area contributed by atoms with Gasteiger partial charge >= 0.3 is 6.11 Å². The molecule has 47 heavy (non-hydrogen) atoms. The van der Waals surface area contributed by atoms with E-state index in [0.29, 0.717) is 54.8 Å². The van der Waals surface area contributed by atoms with Gasteiger partial charge in [-0.15, -0.1) is 6.58 Å². The van der Waals surface area contributed by atoms with Crippen molar-refractivity contribution in [1.29, 1.82) is 0 Å². The summed E-state index contributed by atoms with van der Waals surface area (Å²) >= 11 is 5.92. The van der Waals surface area contributed by atoms with Crippen LogP contribution in [-0.4, -0.2) is 0 Å². The van der Waals surface area contributed by atoms with Gasteiger partial charge in [-0.3, -0.25) is 0 Å². The van der Waals surface area contributed by atoms with Gasteiger partial charge in [-0.05, 0) is 77.6 Å². The van der Waals surface area contributed by atoms with Gasteiger partial charge in [0.05, 0.1) is 16.1 Å². The molecule has 0 radical (unpaired) electrons. The van der Waals surface area contributed by atoms with Gasteiger partial charge in [0.2, 0.25) is 0 Å². The average Bonchev–Trinajstić information content (AvgIpc) is 2.96. The van der Waals surface area contributed by atoms with E-state index in [9.17, 15) is 22.0 Å². The van der Waals surface area contributed by atoms with Gasteiger partial charge in [-0.25, -0.2) is 35.1 Å². The summed E-state index contributed by atoms with van der Waals surface area (Å²) in [7, 11) is 0. The van der Waals surface area contributed by atoms with Crippen molar-refractivity contribution >= 4 is 11.6 Å². The molecule has 0 aliphatic heterocycles. The fraction of sp³-hybridized carbons (Fsp3) is 0.0857. The summed E-state index contributed by atoms with van der Waals surface area (Å²) in [5.74, 6) is -12.0. The van der Waals surface area contributed by atoms with E-state index in [-0.39, 0.29) is 11.1 Å². The number of allylic oxidation sites excluding steroid dienone is 1. The lowest BCUT2D eigenvalue weighted by Gasteiger charge is -2.21. The number of aryl methyl sites for hydroxylation is 1. The summed E-state index contributed by atoms with van der Waals surface area (Å²) < 4.78 is 151. The first-order chi connectivity index (χ1) is 22.2. The fourth-order valence-electron chi connectivity index (χ4n) is 4.95. The molecule has 0 aliphatic rings. The van der Waals surface area contributed by atoms with Crippen molar-refractivity contribution in [1.82, 2.24) is 0 Å². The summed E-state index contributed by atoms with van der Waals surface area (Å²) in [6.45, 7) is 3.59. The molecule has 0 spiro atoms. The second-order valence-corrected chi connectivity index (χ2v) is 10.7. The molecule has 0 bridgehead atoms. The standard InChI is InChI=1S/C35H19ClF10O/c1-2-3-4-17-5-7-22(25(38)9-17)19-12-27(40)33(28(41)13-19)20-10-23(36)34(31(44)14-20)35(45,46)47-21-15-29(42)32(30(43)16-21)18-6-8-24(37)26(39)11-18/h2,5-16H,1,3-4H2. The molecule has 0 atom stereocenters. The lowest BCUT2D eigenvalue weighted by atomic mass is 9.96. The normalized spacial score (nSPS) is 11.6. The molecule has 0 aromatic heterocycles. The summed E-state index contributed by atoms with van der Waals surface area (Å²) in [5, 5.41) is -1.06. The molecule has 0 fully saturated rings. The second kappa shape index (κ2) is 13.2. The maximum absolute atomic E-state index is 15.2. The van der Waals surface area contributed by atoms with Crippen molar-refractivity contribution in [2.45, 2.75) is 19.0 Å². The molecule has 0 N–H and O–H groups in total. The van der Waals surface area contributed by atoms with Crippen LogP contribution in [0, 0.1) is 46.5 Å². The van der Waals surface area contributed by atoms with Crippen molar-refractivity contribution < 1.29 is 48.6 Å². The van der Waals surface area contributed by atoms with Crippen molar-refractivity contribution in [2.75, 3.05) is 0 Å². The summed E-state index contributed by atoms with van der Waals surface area (Å²) in [6.07, 6.45) is -1.96. The lowest BCUT2D eigenvalue weighted by molar-refractivity contribution is -0.187. The van der Waals surface area contributed by atoms with Gasteiger partial charge in [-0.2, -0.15) is 8.78 Å². The van der Waals surface area contributed by atoms with Crippen LogP contribution in [0.3, 0.4) is 0 Å². The molecular weight excluding hydrogens is 662 g/mol. The third kappa shape index (κ3) is 6.85. The Labute approximate surface area is 266 Å². The molecule has 5 aromatic rings. The highest BCUT2D eigenvalue weighted by atomic mass is 35.5. The second-order valence-electron chi connectivity index (χ2n) is 10.3. The first kappa shape index (κ1) is 33.6. The Kier molecular flexibility index (Phi) is 9.40. The zero-order chi connectivity index (χ0) is 34.2. The lowest BCUT2D eigenvalue weighted by Crippen LogP contribution is -2.24. The van der Waals surface area contributed by atoms with Gasteiger partial charge in [0.1, 0.15) is 46.2 Å². The van der Waals surface area contributed by atoms with Crippen molar-refractivity contribution in [3.05, 3.63) is 148 Å². The number of hydrogen-bond acceptors (Lipinski definition) is 1. The van der Waals surface area contributed by atoms with Crippen LogP contribution in [-0.2, 0) is 12.5 Å². The van der Waals surface area contributed by atoms with E-state index in [1.807, 2.05) is 0 Å². The zero-order valence-electron chi connectivity index (χ0n) is 23.7. The third-order valence-electron chi connectivity index (χ3n) is 7.12. The van der Waals surface area contributed by atoms with Gasteiger partial charge in [0.15, 0.2) is 11.6 Å². The number of hydrogen-bond donors (Lipinski definition) is 0. The van der Waals surface area contributed by atoms with Crippen molar-refractivity contribution in [3.63, 3.8) is 0 Å². The van der Waals surface area contributed by atoms with E-state index < -0.39 is 91.2 Å². The molecule has 0 heterocycles. The highest BCUT2D eigenvalue weighted by Gasteiger charge is 2.41. The average molecular weight is 681 g/mol. The molecular formula is C35H19ClF10O. The Balaban J connectivity index is 1.44. The van der Waals surface area contributed by atoms with Crippen molar-refractivity contribution in [3.8, 4) is 39.1 Å². The summed E-state index contributed by atoms with van der Waals surface area (Å²) in [4.78, 5) is 0. The topological polar surface area (TPSA) is 9.23 Å². The third-order valence-corrected chi connectivity index (χ3v) is 7.41. The first-order valence-electron chi connectivity index (χ1n) is 13.6. The largest absolute Gasteiger partial charge is 0.431 e. The van der Waals surface area contributed by atoms with Gasteiger partial charge in [0.25, 0.3) is 0 Å². The molecule has 12 heteroatoms. The molecule has 242 valence electrons. The minimum Gasteiger partial charge on any atom is -0.429 e. The zero-order valence-corrected chi connectivity index (χ0v) is 24.4. The minimum atomic E-state index is -4.68. The Hall–Kier alpha value is -4.77. The van der Waals surface area contributed by atoms with Crippen LogP contribution < -0.4 is 4.74 Å². The van der Waals surface area contributed by atoms with Crippen molar-refractivity contribution in [2.24, 2.45) is 0 Å². The molecule has 5 rings (SSSR count). The highest BCUT2D eigenvalue weighted by Crippen LogP contribution is 2.42. The Morgan fingerprint density at radius 2 is 1.17 bits per heavy atom. The number of halogens is 11. The molecule has 0 unspecified atom stereocenters. The predicted molar refractivity (Wildman–Crippen MR) is 157 cm³/mol. The summed E-state index contributed by atoms with van der Waals surface area (Å²) in [6, 6.07) is 9.22. The van der Waals surface area contributed by atoms with Crippen LogP contribution in [0.5, 0.6) is 5.75 Å².